The Labute approximate surface area is 165 Å². The van der Waals surface area contributed by atoms with Gasteiger partial charge in [-0.05, 0) is 50.0 Å². The summed E-state index contributed by atoms with van der Waals surface area (Å²) in [5.74, 6) is 2.56. The van der Waals surface area contributed by atoms with Crippen LogP contribution in [0.15, 0.2) is 29.9 Å². The summed E-state index contributed by atoms with van der Waals surface area (Å²) in [7, 11) is 0. The Balaban J connectivity index is 1.41. The molecule has 0 spiro atoms. The normalized spacial score (nSPS) is 16.9. The minimum atomic E-state index is 0.167. The Kier molecular flexibility index (Phi) is 7.45. The molecule has 6 nitrogen and oxygen atoms in total. The van der Waals surface area contributed by atoms with Gasteiger partial charge in [-0.25, -0.2) is 9.97 Å². The number of nitrogens with one attached hydrogen (secondary N) is 2. The van der Waals surface area contributed by atoms with Crippen molar-refractivity contribution in [3.05, 3.63) is 34.8 Å². The minimum Gasteiger partial charge on any atom is -0.370 e. The topological polar surface area (TPSA) is 70.2 Å². The van der Waals surface area contributed by atoms with E-state index in [4.69, 9.17) is 0 Å². The molecule has 1 aliphatic rings. The van der Waals surface area contributed by atoms with Crippen LogP contribution in [0.4, 0.5) is 11.6 Å². The molecule has 146 valence electrons. The van der Waals surface area contributed by atoms with E-state index in [9.17, 15) is 4.79 Å². The van der Waals surface area contributed by atoms with Crippen LogP contribution in [0.25, 0.3) is 0 Å². The number of thiophene rings is 1. The highest BCUT2D eigenvalue weighted by Gasteiger charge is 2.22. The molecular formula is C20H29N5OS. The molecule has 7 heteroatoms. The molecular weight excluding hydrogens is 358 g/mol. The zero-order valence-corrected chi connectivity index (χ0v) is 16.8. The number of carbonyl (C=O) groups excluding carboxylic acids is 1. The first kappa shape index (κ1) is 19.6. The summed E-state index contributed by atoms with van der Waals surface area (Å²) in [6, 6.07) is 6.18. The standard InChI is InChI=1S/C20H29N5OS/c1-2-21-18-13-19(24-15-23-18)25-11-3-5-16(14-25)7-8-20(26)22-10-9-17-6-4-12-27-17/h4,6,12-13,15-16H,2-3,5,7-11,14H2,1H3,(H,22,26)(H,21,23,24). The van der Waals surface area contributed by atoms with Crippen LogP contribution in [0.5, 0.6) is 0 Å². The van der Waals surface area contributed by atoms with Crippen molar-refractivity contribution in [1.29, 1.82) is 0 Å². The number of hydrogen-bond donors (Lipinski definition) is 2. The third-order valence-corrected chi connectivity index (χ3v) is 5.84. The summed E-state index contributed by atoms with van der Waals surface area (Å²) >= 11 is 1.74. The molecule has 27 heavy (non-hydrogen) atoms. The Morgan fingerprint density at radius 3 is 3.15 bits per heavy atom. The van der Waals surface area contributed by atoms with E-state index in [2.05, 4.69) is 49.9 Å². The van der Waals surface area contributed by atoms with Crippen molar-refractivity contribution in [3.8, 4) is 0 Å². The van der Waals surface area contributed by atoms with E-state index in [1.165, 1.54) is 11.3 Å². The van der Waals surface area contributed by atoms with Crippen LogP contribution in [-0.2, 0) is 11.2 Å². The van der Waals surface area contributed by atoms with Gasteiger partial charge in [0.2, 0.25) is 5.91 Å². The summed E-state index contributed by atoms with van der Waals surface area (Å²) in [6.45, 7) is 5.62. The van der Waals surface area contributed by atoms with Gasteiger partial charge in [0.15, 0.2) is 0 Å². The second-order valence-electron chi connectivity index (χ2n) is 6.96. The minimum absolute atomic E-state index is 0.167. The van der Waals surface area contributed by atoms with E-state index in [0.717, 1.165) is 57.1 Å². The van der Waals surface area contributed by atoms with Crippen molar-refractivity contribution < 1.29 is 4.79 Å². The molecule has 1 unspecified atom stereocenters. The van der Waals surface area contributed by atoms with Crippen molar-refractivity contribution in [2.75, 3.05) is 36.4 Å². The molecule has 0 saturated carbocycles. The van der Waals surface area contributed by atoms with Gasteiger partial charge in [-0.15, -0.1) is 11.3 Å². The smallest absolute Gasteiger partial charge is 0.220 e. The van der Waals surface area contributed by atoms with Crippen LogP contribution in [0.3, 0.4) is 0 Å². The van der Waals surface area contributed by atoms with Gasteiger partial charge in [-0.2, -0.15) is 0 Å². The number of nitrogens with zero attached hydrogens (tertiary/aromatic N) is 3. The predicted octanol–water partition coefficient (Wildman–Crippen LogP) is 3.33. The van der Waals surface area contributed by atoms with Crippen molar-refractivity contribution in [2.45, 2.75) is 39.0 Å². The lowest BCUT2D eigenvalue weighted by Gasteiger charge is -2.33. The first-order valence-corrected chi connectivity index (χ1v) is 10.7. The fourth-order valence-electron chi connectivity index (χ4n) is 3.51. The van der Waals surface area contributed by atoms with Gasteiger partial charge in [0.05, 0.1) is 0 Å². The zero-order valence-electron chi connectivity index (χ0n) is 16.0. The number of piperidine rings is 1. The van der Waals surface area contributed by atoms with E-state index in [-0.39, 0.29) is 5.91 Å². The summed E-state index contributed by atoms with van der Waals surface area (Å²) in [6.07, 6.45) is 6.41. The number of aromatic nitrogens is 2. The SMILES string of the molecule is CCNc1cc(N2CCCC(CCC(=O)NCCc3cccs3)C2)ncn1. The zero-order chi connectivity index (χ0) is 18.9. The van der Waals surface area contributed by atoms with E-state index in [0.29, 0.717) is 12.3 Å². The fraction of sp³-hybridized carbons (Fsp3) is 0.550. The average Bonchev–Trinajstić information content (AvgIpc) is 3.21. The summed E-state index contributed by atoms with van der Waals surface area (Å²) in [5, 5.41) is 8.36. The van der Waals surface area contributed by atoms with Crippen LogP contribution in [0.1, 0.15) is 37.5 Å². The van der Waals surface area contributed by atoms with Crippen LogP contribution >= 0.6 is 11.3 Å². The van der Waals surface area contributed by atoms with Gasteiger partial charge in [-0.3, -0.25) is 4.79 Å². The lowest BCUT2D eigenvalue weighted by atomic mass is 9.93. The first-order valence-electron chi connectivity index (χ1n) is 9.84. The fourth-order valence-corrected chi connectivity index (χ4v) is 4.22. The van der Waals surface area contributed by atoms with Gasteiger partial charge in [-0.1, -0.05) is 6.07 Å². The van der Waals surface area contributed by atoms with E-state index in [1.807, 2.05) is 6.07 Å². The van der Waals surface area contributed by atoms with Crippen LogP contribution < -0.4 is 15.5 Å². The summed E-state index contributed by atoms with van der Waals surface area (Å²) in [5.41, 5.74) is 0. The third kappa shape index (κ3) is 6.20. The van der Waals surface area contributed by atoms with E-state index >= 15 is 0 Å². The molecule has 0 aliphatic carbocycles. The predicted molar refractivity (Wildman–Crippen MR) is 111 cm³/mol. The largest absolute Gasteiger partial charge is 0.370 e. The monoisotopic (exact) mass is 387 g/mol. The lowest BCUT2D eigenvalue weighted by Crippen LogP contribution is -2.36. The lowest BCUT2D eigenvalue weighted by molar-refractivity contribution is -0.121. The maximum Gasteiger partial charge on any atom is 0.220 e. The molecule has 2 N–H and O–H groups in total. The molecule has 3 heterocycles. The molecule has 1 saturated heterocycles. The van der Waals surface area contributed by atoms with Gasteiger partial charge >= 0.3 is 0 Å². The van der Waals surface area contributed by atoms with Crippen molar-refractivity contribution in [1.82, 2.24) is 15.3 Å². The number of hydrogen-bond acceptors (Lipinski definition) is 6. The van der Waals surface area contributed by atoms with Gasteiger partial charge in [0, 0.05) is 43.5 Å². The Morgan fingerprint density at radius 2 is 2.33 bits per heavy atom. The number of anilines is 2. The Morgan fingerprint density at radius 1 is 1.41 bits per heavy atom. The van der Waals surface area contributed by atoms with Crippen molar-refractivity contribution in [3.63, 3.8) is 0 Å². The third-order valence-electron chi connectivity index (χ3n) is 4.91. The number of rotatable bonds is 9. The molecule has 2 aromatic rings. The van der Waals surface area contributed by atoms with E-state index < -0.39 is 0 Å². The Hall–Kier alpha value is -2.15. The first-order chi connectivity index (χ1) is 13.2. The molecule has 0 aromatic carbocycles. The maximum atomic E-state index is 12.1. The number of amides is 1. The van der Waals surface area contributed by atoms with Crippen LogP contribution in [0.2, 0.25) is 0 Å². The summed E-state index contributed by atoms with van der Waals surface area (Å²) < 4.78 is 0. The quantitative estimate of drug-likeness (QED) is 0.691. The second-order valence-corrected chi connectivity index (χ2v) is 8.00. The Bertz CT molecular complexity index is 706. The molecule has 1 atom stereocenters. The van der Waals surface area contributed by atoms with Crippen molar-refractivity contribution >= 4 is 28.9 Å². The second kappa shape index (κ2) is 10.3. The van der Waals surface area contributed by atoms with Gasteiger partial charge < -0.3 is 15.5 Å². The highest BCUT2D eigenvalue weighted by Crippen LogP contribution is 2.25. The van der Waals surface area contributed by atoms with Crippen molar-refractivity contribution in [2.24, 2.45) is 5.92 Å². The molecule has 1 fully saturated rings. The highest BCUT2D eigenvalue weighted by atomic mass is 32.1. The molecule has 0 bridgehead atoms. The van der Waals surface area contributed by atoms with Crippen LogP contribution in [-0.4, -0.2) is 42.1 Å². The highest BCUT2D eigenvalue weighted by molar-refractivity contribution is 7.09. The molecule has 3 rings (SSSR count). The van der Waals surface area contributed by atoms with Crippen LogP contribution in [0, 0.1) is 5.92 Å². The average molecular weight is 388 g/mol. The molecule has 0 radical (unpaired) electrons. The summed E-state index contributed by atoms with van der Waals surface area (Å²) in [4.78, 5) is 24.5. The molecule has 1 aliphatic heterocycles. The molecule has 2 aromatic heterocycles. The van der Waals surface area contributed by atoms with Gasteiger partial charge in [0.1, 0.15) is 18.0 Å². The maximum absolute atomic E-state index is 12.1. The number of carbonyl (C=O) groups is 1. The molecule has 1 amide bonds. The van der Waals surface area contributed by atoms with Gasteiger partial charge in [0.25, 0.3) is 0 Å². The van der Waals surface area contributed by atoms with E-state index in [1.54, 1.807) is 17.7 Å².